The summed E-state index contributed by atoms with van der Waals surface area (Å²) in [6.45, 7) is 0. The quantitative estimate of drug-likeness (QED) is 0.624. The van der Waals surface area contributed by atoms with E-state index in [9.17, 15) is 9.65 Å². The van der Waals surface area contributed by atoms with Crippen molar-refractivity contribution < 1.29 is 4.39 Å². The maximum absolute atomic E-state index is 13.9. The number of nitrogens with one attached hydrogen (secondary N) is 2. The Hall–Kier alpha value is -3.13. The summed E-state index contributed by atoms with van der Waals surface area (Å²) in [4.78, 5) is 0. The summed E-state index contributed by atoms with van der Waals surface area (Å²) >= 11 is 0. The molecule has 2 heterocycles. The lowest BCUT2D eigenvalue weighted by Crippen LogP contribution is -2.34. The van der Waals surface area contributed by atoms with Crippen LogP contribution in [0.25, 0.3) is 10.9 Å². The van der Waals surface area contributed by atoms with Crippen molar-refractivity contribution in [3.8, 4) is 6.07 Å². The Morgan fingerprint density at radius 1 is 1.15 bits per heavy atom. The summed E-state index contributed by atoms with van der Waals surface area (Å²) in [6, 6.07) is 11.2. The van der Waals surface area contributed by atoms with Gasteiger partial charge in [-0.3, -0.25) is 5.10 Å². The second-order valence-electron chi connectivity index (χ2n) is 7.88. The summed E-state index contributed by atoms with van der Waals surface area (Å²) in [5.74, 6) is 1.38. The molecule has 2 unspecified atom stereocenters. The normalized spacial score (nSPS) is 30.0. The number of H-pyrrole nitrogens is 1. The first-order chi connectivity index (χ1) is 13.2. The summed E-state index contributed by atoms with van der Waals surface area (Å²) < 4.78 is 13.9. The molecule has 3 aliphatic rings. The number of nitriles is 1. The Morgan fingerprint density at radius 3 is 2.93 bits per heavy atom. The fourth-order valence-corrected chi connectivity index (χ4v) is 5.64. The summed E-state index contributed by atoms with van der Waals surface area (Å²) in [6.07, 6.45) is 7.79. The lowest BCUT2D eigenvalue weighted by molar-refractivity contribution is 0.334. The molecule has 4 nitrogen and oxygen atoms in total. The molecule has 1 aromatic heterocycles. The standard InChI is InChI=1S/C22H17FN4/c23-16-4-3-13(8-14(16)9-24)22-20-12-2-1-11(7-12)19(20)21-15-10-25-27-17(15)5-6-18(21)26-22/h1-6,8,10-12,19-20,22,26H,7H2,(H,25,27)/t11?,12?,19-,20+,22-/m0/s1. The maximum Gasteiger partial charge on any atom is 0.140 e. The van der Waals surface area contributed by atoms with Gasteiger partial charge in [0.05, 0.1) is 23.3 Å². The second kappa shape index (κ2) is 5.20. The van der Waals surface area contributed by atoms with E-state index in [-0.39, 0.29) is 11.6 Å². The average Bonchev–Trinajstić information content (AvgIpc) is 3.43. The van der Waals surface area contributed by atoms with Crippen LogP contribution >= 0.6 is 0 Å². The highest BCUT2D eigenvalue weighted by Gasteiger charge is 2.52. The SMILES string of the molecule is N#Cc1cc([C@@H]2Nc3ccc4[nH]ncc4c3[C@H]3C4C=CC(C4)[C@@H]23)ccc1F. The van der Waals surface area contributed by atoms with Crippen molar-refractivity contribution in [2.45, 2.75) is 18.4 Å². The van der Waals surface area contributed by atoms with Crippen molar-refractivity contribution in [1.82, 2.24) is 10.2 Å². The summed E-state index contributed by atoms with van der Waals surface area (Å²) in [5.41, 5.74) is 4.64. The van der Waals surface area contributed by atoms with E-state index in [1.165, 1.54) is 17.0 Å². The number of halogens is 1. The molecule has 5 heteroatoms. The zero-order chi connectivity index (χ0) is 18.1. The molecule has 2 bridgehead atoms. The van der Waals surface area contributed by atoms with E-state index in [1.54, 1.807) is 6.07 Å². The van der Waals surface area contributed by atoms with Gasteiger partial charge in [-0.25, -0.2) is 4.39 Å². The number of aromatic nitrogens is 2. The van der Waals surface area contributed by atoms with Gasteiger partial charge in [-0.05, 0) is 65.5 Å². The zero-order valence-corrected chi connectivity index (χ0v) is 14.5. The van der Waals surface area contributed by atoms with Gasteiger partial charge in [0.25, 0.3) is 0 Å². The minimum Gasteiger partial charge on any atom is -0.378 e. The van der Waals surface area contributed by atoms with E-state index in [0.717, 1.165) is 23.2 Å². The number of hydrogen-bond donors (Lipinski definition) is 2. The van der Waals surface area contributed by atoms with Crippen LogP contribution in [0.2, 0.25) is 0 Å². The largest absolute Gasteiger partial charge is 0.378 e. The van der Waals surface area contributed by atoms with Crippen LogP contribution in [0.1, 0.15) is 35.1 Å². The van der Waals surface area contributed by atoms with Gasteiger partial charge in [0.1, 0.15) is 11.9 Å². The number of aromatic amines is 1. The third-order valence-corrected chi connectivity index (χ3v) is 6.69. The van der Waals surface area contributed by atoms with E-state index < -0.39 is 5.82 Å². The van der Waals surface area contributed by atoms with Crippen LogP contribution in [0.5, 0.6) is 0 Å². The van der Waals surface area contributed by atoms with Gasteiger partial charge in [0.2, 0.25) is 0 Å². The van der Waals surface area contributed by atoms with Crippen molar-refractivity contribution in [1.29, 1.82) is 5.26 Å². The molecule has 0 saturated heterocycles. The third kappa shape index (κ3) is 1.93. The molecule has 2 aliphatic carbocycles. The van der Waals surface area contributed by atoms with Gasteiger partial charge in [-0.1, -0.05) is 18.2 Å². The van der Waals surface area contributed by atoms with Crippen LogP contribution < -0.4 is 5.32 Å². The molecule has 3 aromatic rings. The van der Waals surface area contributed by atoms with E-state index in [0.29, 0.717) is 23.7 Å². The first-order valence-electron chi connectivity index (χ1n) is 9.35. The van der Waals surface area contributed by atoms with Crippen LogP contribution in [0.3, 0.4) is 0 Å². The topological polar surface area (TPSA) is 64.5 Å². The molecule has 0 amide bonds. The average molecular weight is 356 g/mol. The van der Waals surface area contributed by atoms with Crippen molar-refractivity contribution in [2.24, 2.45) is 17.8 Å². The minimum atomic E-state index is -0.457. The number of allylic oxidation sites excluding steroid dienone is 2. The van der Waals surface area contributed by atoms with Crippen LogP contribution in [0, 0.1) is 34.9 Å². The smallest absolute Gasteiger partial charge is 0.140 e. The highest BCUT2D eigenvalue weighted by molar-refractivity contribution is 5.88. The molecule has 5 atom stereocenters. The monoisotopic (exact) mass is 356 g/mol. The summed E-state index contributed by atoms with van der Waals surface area (Å²) in [5, 5.41) is 21.5. The molecule has 1 saturated carbocycles. The Balaban J connectivity index is 1.56. The maximum atomic E-state index is 13.9. The molecule has 1 fully saturated rings. The number of rotatable bonds is 1. The van der Waals surface area contributed by atoms with E-state index in [1.807, 2.05) is 18.3 Å². The van der Waals surface area contributed by atoms with E-state index >= 15 is 0 Å². The van der Waals surface area contributed by atoms with Crippen molar-refractivity contribution in [3.63, 3.8) is 0 Å². The van der Waals surface area contributed by atoms with Gasteiger partial charge in [0.15, 0.2) is 0 Å². The number of anilines is 1. The molecule has 27 heavy (non-hydrogen) atoms. The van der Waals surface area contributed by atoms with Gasteiger partial charge in [0, 0.05) is 11.1 Å². The minimum absolute atomic E-state index is 0.0690. The number of nitrogens with zero attached hydrogens (tertiary/aromatic N) is 2. The van der Waals surface area contributed by atoms with Crippen molar-refractivity contribution in [2.75, 3.05) is 5.32 Å². The predicted octanol–water partition coefficient (Wildman–Crippen LogP) is 4.65. The van der Waals surface area contributed by atoms with Crippen molar-refractivity contribution >= 4 is 16.6 Å². The fourth-order valence-electron chi connectivity index (χ4n) is 5.64. The lowest BCUT2D eigenvalue weighted by atomic mass is 9.69. The van der Waals surface area contributed by atoms with Gasteiger partial charge >= 0.3 is 0 Å². The fraction of sp³-hybridized carbons (Fsp3) is 0.273. The molecule has 2 N–H and O–H groups in total. The number of benzene rings is 2. The molecule has 0 spiro atoms. The Kier molecular flexibility index (Phi) is 2.88. The lowest BCUT2D eigenvalue weighted by Gasteiger charge is -2.42. The molecular formula is C22H17FN4. The predicted molar refractivity (Wildman–Crippen MR) is 101 cm³/mol. The molecule has 0 radical (unpaired) electrons. The first kappa shape index (κ1) is 15.0. The Labute approximate surface area is 155 Å². The van der Waals surface area contributed by atoms with Crippen LogP contribution in [0.15, 0.2) is 48.7 Å². The van der Waals surface area contributed by atoms with Crippen LogP contribution in [-0.2, 0) is 0 Å². The number of hydrogen-bond acceptors (Lipinski definition) is 3. The summed E-state index contributed by atoms with van der Waals surface area (Å²) in [7, 11) is 0. The van der Waals surface area contributed by atoms with Gasteiger partial charge in [-0.2, -0.15) is 10.4 Å². The highest BCUT2D eigenvalue weighted by Crippen LogP contribution is 2.62. The van der Waals surface area contributed by atoms with E-state index in [2.05, 4.69) is 39.8 Å². The highest BCUT2D eigenvalue weighted by atomic mass is 19.1. The van der Waals surface area contributed by atoms with Crippen LogP contribution in [-0.4, -0.2) is 10.2 Å². The Bertz CT molecular complexity index is 1150. The molecular weight excluding hydrogens is 339 g/mol. The zero-order valence-electron chi connectivity index (χ0n) is 14.5. The molecule has 2 aromatic carbocycles. The molecule has 6 rings (SSSR count). The first-order valence-corrected chi connectivity index (χ1v) is 9.35. The number of fused-ring (bicyclic) bond motifs is 9. The second-order valence-corrected chi connectivity index (χ2v) is 7.88. The van der Waals surface area contributed by atoms with E-state index in [4.69, 9.17) is 0 Å². The van der Waals surface area contributed by atoms with Gasteiger partial charge in [-0.15, -0.1) is 0 Å². The third-order valence-electron chi connectivity index (χ3n) is 6.69. The molecule has 1 aliphatic heterocycles. The molecule has 132 valence electrons. The van der Waals surface area contributed by atoms with Crippen molar-refractivity contribution in [3.05, 3.63) is 71.2 Å². The van der Waals surface area contributed by atoms with Crippen LogP contribution in [0.4, 0.5) is 10.1 Å². The van der Waals surface area contributed by atoms with Gasteiger partial charge < -0.3 is 5.32 Å². The Morgan fingerprint density at radius 2 is 2.04 bits per heavy atom.